The molecule has 13 nitrogen and oxygen atoms in total. The van der Waals surface area contributed by atoms with Gasteiger partial charge in [0.15, 0.2) is 0 Å². The minimum atomic E-state index is -4.49. The lowest BCUT2D eigenvalue weighted by Gasteiger charge is -2.50. The second-order valence-electron chi connectivity index (χ2n) is 14.6. The first-order valence-electron chi connectivity index (χ1n) is 17.3. The van der Waals surface area contributed by atoms with Crippen LogP contribution in [0, 0.1) is 35.5 Å². The van der Waals surface area contributed by atoms with Gasteiger partial charge in [-0.1, -0.05) is 83.1 Å². The van der Waals surface area contributed by atoms with E-state index < -0.39 is 24.4 Å². The lowest BCUT2D eigenvalue weighted by molar-refractivity contribution is -0.113. The van der Waals surface area contributed by atoms with Crippen LogP contribution in [-0.4, -0.2) is 141 Å². The predicted octanol–water partition coefficient (Wildman–Crippen LogP) is 3.03. The van der Waals surface area contributed by atoms with Crippen molar-refractivity contribution >= 4 is 7.82 Å². The summed E-state index contributed by atoms with van der Waals surface area (Å²) in [4.78, 5) is 5.25. The number of phosphoric acid groups is 1. The van der Waals surface area contributed by atoms with Crippen LogP contribution in [0.25, 0.3) is 0 Å². The highest BCUT2D eigenvalue weighted by atomic mass is 31.2. The lowest BCUT2D eigenvalue weighted by Crippen LogP contribution is -2.61. The summed E-state index contributed by atoms with van der Waals surface area (Å²) in [7, 11) is -4.49. The fourth-order valence-corrected chi connectivity index (χ4v) is 8.73. The summed E-state index contributed by atoms with van der Waals surface area (Å²) < 4.78 is 32.8. The molecule has 0 saturated carbocycles. The third-order valence-electron chi connectivity index (χ3n) is 10.7. The van der Waals surface area contributed by atoms with E-state index in [1.165, 1.54) is 0 Å². The highest BCUT2D eigenvalue weighted by Crippen LogP contribution is 2.52. The Morgan fingerprint density at radius 3 is 0.766 bits per heavy atom. The van der Waals surface area contributed by atoms with Gasteiger partial charge in [-0.05, 0) is 35.5 Å². The van der Waals surface area contributed by atoms with Crippen LogP contribution in [-0.2, 0) is 18.1 Å². The molecule has 0 aliphatic heterocycles. The van der Waals surface area contributed by atoms with E-state index in [1.807, 2.05) is 83.1 Å². The van der Waals surface area contributed by atoms with E-state index in [1.54, 1.807) is 14.7 Å². The Balaban J connectivity index is 6.94. The Morgan fingerprint density at radius 1 is 0.447 bits per heavy atom. The van der Waals surface area contributed by atoms with E-state index in [-0.39, 0.29) is 115 Å². The molecule has 0 spiro atoms. The summed E-state index contributed by atoms with van der Waals surface area (Å²) in [6.45, 7) is 21.5. The maximum Gasteiger partial charge on any atom is 0.478 e. The molecule has 6 N–H and O–H groups in total. The molecule has 47 heavy (non-hydrogen) atoms. The van der Waals surface area contributed by atoms with Crippen molar-refractivity contribution in [3.05, 3.63) is 0 Å². The minimum absolute atomic E-state index is 0.0755. The summed E-state index contributed by atoms with van der Waals surface area (Å²) >= 11 is 0. The maximum atomic E-state index is 14.7. The van der Waals surface area contributed by atoms with E-state index in [2.05, 4.69) is 0 Å². The van der Waals surface area contributed by atoms with Gasteiger partial charge in [0.1, 0.15) is 20.2 Å². The van der Waals surface area contributed by atoms with Crippen molar-refractivity contribution in [2.75, 3.05) is 79.5 Å². The van der Waals surface area contributed by atoms with E-state index in [0.29, 0.717) is 0 Å². The first-order chi connectivity index (χ1) is 21.8. The molecular weight excluding hydrogens is 629 g/mol. The lowest BCUT2D eigenvalue weighted by atomic mass is 9.76. The molecule has 0 atom stereocenters. The standard InChI is InChI=1S/C33H72N3O10P/c1-25(2)31(19-40,26(3)4)34(13-16-37)22-44-47(43,45-23-35(14-17-38)32(20-41,27(5)6)28(7)8)46-24-36(15-18-39)33(21-42,29(9)10)30(11)12/h25-30,37-42H,13-24H2,1-12H3. The summed E-state index contributed by atoms with van der Waals surface area (Å²) in [5.41, 5.74) is -2.49. The van der Waals surface area contributed by atoms with Gasteiger partial charge in [0.25, 0.3) is 0 Å². The summed E-state index contributed by atoms with van der Waals surface area (Å²) in [5, 5.41) is 61.9. The number of nitrogens with zero attached hydrogens (tertiary/aromatic N) is 3. The molecule has 0 aromatic carbocycles. The zero-order chi connectivity index (χ0) is 36.8. The number of aliphatic hydroxyl groups excluding tert-OH is 6. The van der Waals surface area contributed by atoms with Crippen molar-refractivity contribution < 1.29 is 48.8 Å². The van der Waals surface area contributed by atoms with Crippen molar-refractivity contribution in [1.82, 2.24) is 14.7 Å². The van der Waals surface area contributed by atoms with Crippen LogP contribution in [0.1, 0.15) is 83.1 Å². The number of β-amino-alcohol motifs (C(OH)–C–C–N with tert-alkyl or cyclic N) is 3. The van der Waals surface area contributed by atoms with Crippen molar-refractivity contribution in [2.24, 2.45) is 35.5 Å². The monoisotopic (exact) mass is 701 g/mol. The average molecular weight is 702 g/mol. The van der Waals surface area contributed by atoms with E-state index >= 15 is 0 Å². The van der Waals surface area contributed by atoms with Gasteiger partial charge in [-0.3, -0.25) is 28.3 Å². The minimum Gasteiger partial charge on any atom is -0.395 e. The molecule has 0 saturated heterocycles. The van der Waals surface area contributed by atoms with E-state index in [9.17, 15) is 35.2 Å². The van der Waals surface area contributed by atoms with Crippen molar-refractivity contribution in [1.29, 1.82) is 0 Å². The molecular formula is C33H72N3O10P. The van der Waals surface area contributed by atoms with Gasteiger partial charge < -0.3 is 30.6 Å². The van der Waals surface area contributed by atoms with Crippen LogP contribution in [0.2, 0.25) is 0 Å². The molecule has 0 heterocycles. The topological polar surface area (TPSA) is 176 Å². The summed E-state index contributed by atoms with van der Waals surface area (Å²) in [5.74, 6) is -0.453. The quantitative estimate of drug-likeness (QED) is 0.0545. The van der Waals surface area contributed by atoms with Gasteiger partial charge in [-0.15, -0.1) is 0 Å². The van der Waals surface area contributed by atoms with Gasteiger partial charge >= 0.3 is 7.82 Å². The number of aliphatic hydroxyl groups is 6. The highest BCUT2D eigenvalue weighted by molar-refractivity contribution is 7.48. The molecule has 0 radical (unpaired) electrons. The Morgan fingerprint density at radius 2 is 0.638 bits per heavy atom. The number of hydrogen-bond donors (Lipinski definition) is 6. The zero-order valence-corrected chi connectivity index (χ0v) is 32.4. The van der Waals surface area contributed by atoms with Crippen LogP contribution in [0.4, 0.5) is 0 Å². The molecule has 0 amide bonds. The van der Waals surface area contributed by atoms with E-state index in [4.69, 9.17) is 13.6 Å². The van der Waals surface area contributed by atoms with Crippen LogP contribution in [0.3, 0.4) is 0 Å². The fraction of sp³-hybridized carbons (Fsp3) is 1.00. The Labute approximate surface area is 285 Å². The van der Waals surface area contributed by atoms with Crippen LogP contribution in [0.5, 0.6) is 0 Å². The first kappa shape index (κ1) is 46.8. The van der Waals surface area contributed by atoms with Gasteiger partial charge in [-0.2, -0.15) is 0 Å². The number of hydrogen-bond acceptors (Lipinski definition) is 13. The second-order valence-corrected chi connectivity index (χ2v) is 16.2. The summed E-state index contributed by atoms with van der Waals surface area (Å²) in [6.07, 6.45) is 0. The van der Waals surface area contributed by atoms with Crippen LogP contribution >= 0.6 is 7.82 Å². The van der Waals surface area contributed by atoms with Crippen LogP contribution in [0.15, 0.2) is 0 Å². The fourth-order valence-electron chi connectivity index (χ4n) is 7.66. The smallest absolute Gasteiger partial charge is 0.395 e. The Kier molecular flexibility index (Phi) is 21.1. The normalized spacial score (nSPS) is 14.3. The van der Waals surface area contributed by atoms with Gasteiger partial charge in [0.2, 0.25) is 0 Å². The molecule has 0 aliphatic rings. The number of phosphoric ester groups is 1. The van der Waals surface area contributed by atoms with Gasteiger partial charge in [0.05, 0.1) is 56.3 Å². The zero-order valence-electron chi connectivity index (χ0n) is 31.6. The van der Waals surface area contributed by atoms with Crippen molar-refractivity contribution in [2.45, 2.75) is 99.7 Å². The SMILES string of the molecule is CC(C)C(CO)(C(C)C)N(CCO)COP(=O)(OCN(CCO)C(CO)(C(C)C)C(C)C)OCN(CCO)C(CO)(C(C)C)C(C)C. The summed E-state index contributed by atoms with van der Waals surface area (Å²) in [6, 6.07) is 0. The Hall–Kier alpha value is -0.250. The average Bonchev–Trinajstić information content (AvgIpc) is 2.98. The first-order valence-corrected chi connectivity index (χ1v) is 18.7. The van der Waals surface area contributed by atoms with E-state index in [0.717, 1.165) is 0 Å². The predicted molar refractivity (Wildman–Crippen MR) is 185 cm³/mol. The third kappa shape index (κ3) is 10.9. The molecule has 0 rings (SSSR count). The molecule has 0 aromatic rings. The van der Waals surface area contributed by atoms with Crippen molar-refractivity contribution in [3.63, 3.8) is 0 Å². The van der Waals surface area contributed by atoms with Gasteiger partial charge in [-0.25, -0.2) is 4.57 Å². The highest BCUT2D eigenvalue weighted by Gasteiger charge is 2.47. The molecule has 0 aromatic heterocycles. The number of rotatable bonds is 27. The maximum absolute atomic E-state index is 14.7. The molecule has 284 valence electrons. The second kappa shape index (κ2) is 21.2. The van der Waals surface area contributed by atoms with Crippen LogP contribution < -0.4 is 0 Å². The largest absolute Gasteiger partial charge is 0.478 e. The molecule has 0 aliphatic carbocycles. The Bertz CT molecular complexity index is 757. The van der Waals surface area contributed by atoms with Gasteiger partial charge in [0, 0.05) is 19.6 Å². The molecule has 0 bridgehead atoms. The third-order valence-corrected chi connectivity index (χ3v) is 12.0. The molecule has 0 unspecified atom stereocenters. The molecule has 0 fully saturated rings. The molecule has 14 heteroatoms. The van der Waals surface area contributed by atoms with Crippen molar-refractivity contribution in [3.8, 4) is 0 Å².